The van der Waals surface area contributed by atoms with Crippen molar-refractivity contribution in [1.82, 2.24) is 10.2 Å². The molecule has 1 aliphatic heterocycles. The number of hydrogen-bond donors (Lipinski definition) is 1. The third-order valence-corrected chi connectivity index (χ3v) is 5.77. The van der Waals surface area contributed by atoms with E-state index < -0.39 is 0 Å². The summed E-state index contributed by atoms with van der Waals surface area (Å²) in [4.78, 5) is 2.81. The predicted octanol–water partition coefficient (Wildman–Crippen LogP) is 3.52. The minimum Gasteiger partial charge on any atom is -0.314 e. The third-order valence-electron chi connectivity index (χ3n) is 5.77. The van der Waals surface area contributed by atoms with Gasteiger partial charge >= 0.3 is 0 Å². The fraction of sp³-hybridized carbons (Fsp3) is 1.00. The topological polar surface area (TPSA) is 15.3 Å². The summed E-state index contributed by atoms with van der Waals surface area (Å²) in [7, 11) is 0. The molecule has 19 heavy (non-hydrogen) atoms. The van der Waals surface area contributed by atoms with Crippen molar-refractivity contribution in [3.05, 3.63) is 0 Å². The molecule has 2 heteroatoms. The Kier molecular flexibility index (Phi) is 5.70. The highest BCUT2D eigenvalue weighted by molar-refractivity contribution is 4.92. The molecule has 112 valence electrons. The molecule has 0 spiro atoms. The van der Waals surface area contributed by atoms with Gasteiger partial charge in [-0.1, -0.05) is 34.1 Å². The number of piperidine rings is 1. The average molecular weight is 266 g/mol. The van der Waals surface area contributed by atoms with Gasteiger partial charge in [-0.25, -0.2) is 0 Å². The van der Waals surface area contributed by atoms with Crippen LogP contribution in [-0.4, -0.2) is 36.6 Å². The van der Waals surface area contributed by atoms with E-state index in [4.69, 9.17) is 0 Å². The van der Waals surface area contributed by atoms with Crippen LogP contribution in [0.1, 0.15) is 59.8 Å². The summed E-state index contributed by atoms with van der Waals surface area (Å²) in [5, 5.41) is 3.74. The molecule has 0 aromatic carbocycles. The van der Waals surface area contributed by atoms with Crippen LogP contribution in [0, 0.1) is 17.8 Å². The van der Waals surface area contributed by atoms with Crippen LogP contribution >= 0.6 is 0 Å². The smallest absolute Gasteiger partial charge is 0.0124 e. The average Bonchev–Trinajstić information content (AvgIpc) is 2.78. The van der Waals surface area contributed by atoms with Gasteiger partial charge in [0.1, 0.15) is 0 Å². The maximum Gasteiger partial charge on any atom is 0.0124 e. The lowest BCUT2D eigenvalue weighted by Gasteiger charge is -2.42. The van der Waals surface area contributed by atoms with Crippen molar-refractivity contribution in [2.24, 2.45) is 17.8 Å². The number of likely N-dealkylation sites (tertiary alicyclic amines) is 1. The van der Waals surface area contributed by atoms with Crippen molar-refractivity contribution in [3.63, 3.8) is 0 Å². The van der Waals surface area contributed by atoms with Crippen molar-refractivity contribution < 1.29 is 0 Å². The van der Waals surface area contributed by atoms with Crippen LogP contribution in [0.3, 0.4) is 0 Å². The van der Waals surface area contributed by atoms with Gasteiger partial charge in [0, 0.05) is 18.6 Å². The fourth-order valence-electron chi connectivity index (χ4n) is 4.43. The van der Waals surface area contributed by atoms with E-state index in [1.165, 1.54) is 51.7 Å². The summed E-state index contributed by atoms with van der Waals surface area (Å²) < 4.78 is 0. The summed E-state index contributed by atoms with van der Waals surface area (Å²) in [6, 6.07) is 1.63. The third kappa shape index (κ3) is 3.52. The minimum atomic E-state index is 0.759. The van der Waals surface area contributed by atoms with Crippen LogP contribution < -0.4 is 5.32 Å². The number of rotatable bonds is 5. The van der Waals surface area contributed by atoms with Crippen LogP contribution in [0.2, 0.25) is 0 Å². The molecule has 5 atom stereocenters. The van der Waals surface area contributed by atoms with Gasteiger partial charge < -0.3 is 5.32 Å². The monoisotopic (exact) mass is 266 g/mol. The molecule has 5 unspecified atom stereocenters. The molecular formula is C17H34N2. The molecule has 0 aromatic heterocycles. The summed E-state index contributed by atoms with van der Waals surface area (Å²) in [6.07, 6.45) is 6.89. The Hall–Kier alpha value is -0.0800. The fourth-order valence-corrected chi connectivity index (χ4v) is 4.43. The minimum absolute atomic E-state index is 0.759. The predicted molar refractivity (Wildman–Crippen MR) is 83.4 cm³/mol. The molecule has 1 heterocycles. The number of hydrogen-bond acceptors (Lipinski definition) is 2. The quantitative estimate of drug-likeness (QED) is 0.819. The van der Waals surface area contributed by atoms with E-state index in [0.29, 0.717) is 0 Å². The highest BCUT2D eigenvalue weighted by atomic mass is 15.2. The zero-order valence-corrected chi connectivity index (χ0v) is 13.5. The molecule has 0 radical (unpaired) electrons. The molecule has 0 bridgehead atoms. The van der Waals surface area contributed by atoms with Crippen LogP contribution in [0.4, 0.5) is 0 Å². The van der Waals surface area contributed by atoms with Crippen LogP contribution in [0.25, 0.3) is 0 Å². The maximum atomic E-state index is 3.74. The van der Waals surface area contributed by atoms with Crippen LogP contribution in [-0.2, 0) is 0 Å². The molecule has 1 saturated heterocycles. The largest absolute Gasteiger partial charge is 0.314 e. The van der Waals surface area contributed by atoms with E-state index in [0.717, 1.165) is 29.8 Å². The summed E-state index contributed by atoms with van der Waals surface area (Å²) in [5.41, 5.74) is 0. The molecule has 2 aliphatic rings. The standard InChI is InChI=1S/C17H34N2/c1-5-10-18-16-9-11-19(12-13(16)3)17-8-7-15(6-2)14(17)4/h13-18H,5-12H2,1-4H3. The Morgan fingerprint density at radius 3 is 2.47 bits per heavy atom. The lowest BCUT2D eigenvalue weighted by molar-refractivity contribution is 0.0820. The van der Waals surface area contributed by atoms with Gasteiger partial charge in [-0.15, -0.1) is 0 Å². The molecule has 2 nitrogen and oxygen atoms in total. The molecule has 1 saturated carbocycles. The van der Waals surface area contributed by atoms with Gasteiger partial charge in [-0.05, 0) is 56.5 Å². The van der Waals surface area contributed by atoms with Crippen molar-refractivity contribution >= 4 is 0 Å². The Balaban J connectivity index is 1.84. The van der Waals surface area contributed by atoms with E-state index in [1.807, 2.05) is 0 Å². The first-order valence-electron chi connectivity index (χ1n) is 8.64. The highest BCUT2D eigenvalue weighted by Gasteiger charge is 2.38. The van der Waals surface area contributed by atoms with Crippen molar-refractivity contribution in [2.75, 3.05) is 19.6 Å². The lowest BCUT2D eigenvalue weighted by atomic mass is 9.89. The van der Waals surface area contributed by atoms with E-state index in [9.17, 15) is 0 Å². The molecule has 1 N–H and O–H groups in total. The van der Waals surface area contributed by atoms with E-state index in [-0.39, 0.29) is 0 Å². The van der Waals surface area contributed by atoms with Crippen LogP contribution in [0.15, 0.2) is 0 Å². The first-order valence-corrected chi connectivity index (χ1v) is 8.64. The van der Waals surface area contributed by atoms with Gasteiger partial charge in [0.2, 0.25) is 0 Å². The second-order valence-electron chi connectivity index (χ2n) is 6.99. The number of nitrogens with one attached hydrogen (secondary N) is 1. The first-order chi connectivity index (χ1) is 9.17. The maximum absolute atomic E-state index is 3.74. The van der Waals surface area contributed by atoms with Crippen molar-refractivity contribution in [2.45, 2.75) is 71.9 Å². The van der Waals surface area contributed by atoms with E-state index in [1.54, 1.807) is 0 Å². The lowest BCUT2D eigenvalue weighted by Crippen LogP contribution is -2.52. The summed E-state index contributed by atoms with van der Waals surface area (Å²) in [5.74, 6) is 2.71. The van der Waals surface area contributed by atoms with Gasteiger partial charge in [-0.2, -0.15) is 0 Å². The van der Waals surface area contributed by atoms with Gasteiger partial charge in [-0.3, -0.25) is 4.90 Å². The van der Waals surface area contributed by atoms with Crippen molar-refractivity contribution in [3.8, 4) is 0 Å². The summed E-state index contributed by atoms with van der Waals surface area (Å²) >= 11 is 0. The number of nitrogens with zero attached hydrogens (tertiary/aromatic N) is 1. The molecule has 1 aliphatic carbocycles. The zero-order valence-electron chi connectivity index (χ0n) is 13.5. The second kappa shape index (κ2) is 7.08. The highest BCUT2D eigenvalue weighted by Crippen LogP contribution is 2.38. The molecule has 0 amide bonds. The molecular weight excluding hydrogens is 232 g/mol. The Labute approximate surface area is 120 Å². The van der Waals surface area contributed by atoms with Crippen LogP contribution in [0.5, 0.6) is 0 Å². The van der Waals surface area contributed by atoms with E-state index in [2.05, 4.69) is 37.9 Å². The SMILES string of the molecule is CCCNC1CCN(C2CCC(CC)C2C)CC1C. The van der Waals surface area contributed by atoms with Gasteiger partial charge in [0.15, 0.2) is 0 Å². The van der Waals surface area contributed by atoms with E-state index >= 15 is 0 Å². The van der Waals surface area contributed by atoms with Gasteiger partial charge in [0.05, 0.1) is 0 Å². The molecule has 2 fully saturated rings. The Bertz CT molecular complexity index is 266. The summed E-state index contributed by atoms with van der Waals surface area (Å²) in [6.45, 7) is 13.4. The second-order valence-corrected chi connectivity index (χ2v) is 6.99. The Morgan fingerprint density at radius 1 is 1.11 bits per heavy atom. The zero-order chi connectivity index (χ0) is 13.8. The Morgan fingerprint density at radius 2 is 1.89 bits per heavy atom. The van der Waals surface area contributed by atoms with Gasteiger partial charge in [0.25, 0.3) is 0 Å². The first kappa shape index (κ1) is 15.3. The van der Waals surface area contributed by atoms with Crippen molar-refractivity contribution in [1.29, 1.82) is 0 Å². The normalized spacial score (nSPS) is 40.7. The molecule has 2 rings (SSSR count). The molecule has 0 aromatic rings.